The number of benzene rings is 2. The van der Waals surface area contributed by atoms with Crippen molar-refractivity contribution in [3.8, 4) is 11.5 Å². The Hall–Kier alpha value is -2.60. The molecule has 3 rings (SSSR count). The lowest BCUT2D eigenvalue weighted by molar-refractivity contribution is -0.117. The highest BCUT2D eigenvalue weighted by Gasteiger charge is 2.23. The van der Waals surface area contributed by atoms with Crippen LogP contribution in [0.5, 0.6) is 11.5 Å². The lowest BCUT2D eigenvalue weighted by Gasteiger charge is -2.13. The molecule has 1 amide bonds. The van der Waals surface area contributed by atoms with Crippen LogP contribution < -0.4 is 14.8 Å². The van der Waals surface area contributed by atoms with Crippen LogP contribution in [0.3, 0.4) is 0 Å². The first kappa shape index (κ1) is 19.2. The van der Waals surface area contributed by atoms with Crippen molar-refractivity contribution in [2.45, 2.75) is 25.5 Å². The second-order valence-corrected chi connectivity index (χ2v) is 6.50. The average Bonchev–Trinajstić information content (AvgIpc) is 3.02. The lowest BCUT2D eigenvalue weighted by Crippen LogP contribution is -2.25. The molecule has 2 aromatic carbocycles. The van der Waals surface area contributed by atoms with E-state index in [0.29, 0.717) is 10.6 Å². The van der Waals surface area contributed by atoms with E-state index < -0.39 is 6.61 Å². The van der Waals surface area contributed by atoms with Crippen LogP contribution in [0, 0.1) is 0 Å². The van der Waals surface area contributed by atoms with Crippen molar-refractivity contribution >= 4 is 23.6 Å². The summed E-state index contributed by atoms with van der Waals surface area (Å²) in [4.78, 5) is 12.2. The molecule has 4 nitrogen and oxygen atoms in total. The minimum absolute atomic E-state index is 0.0502. The van der Waals surface area contributed by atoms with Gasteiger partial charge in [0.05, 0.1) is 13.2 Å². The molecule has 0 saturated heterocycles. The number of alkyl halides is 2. The highest BCUT2D eigenvalue weighted by molar-refractivity contribution is 6.30. The fourth-order valence-corrected chi connectivity index (χ4v) is 3.30. The topological polar surface area (TPSA) is 47.6 Å². The van der Waals surface area contributed by atoms with Gasteiger partial charge in [0.2, 0.25) is 5.91 Å². The summed E-state index contributed by atoms with van der Waals surface area (Å²) in [6.07, 6.45) is 4.67. The third-order valence-corrected chi connectivity index (χ3v) is 4.57. The van der Waals surface area contributed by atoms with Crippen LogP contribution in [0.15, 0.2) is 42.5 Å². The van der Waals surface area contributed by atoms with Gasteiger partial charge in [-0.25, -0.2) is 0 Å². The zero-order chi connectivity index (χ0) is 19.4. The quantitative estimate of drug-likeness (QED) is 0.719. The van der Waals surface area contributed by atoms with E-state index in [2.05, 4.69) is 10.1 Å². The second kappa shape index (κ2) is 8.39. The summed E-state index contributed by atoms with van der Waals surface area (Å²) in [7, 11) is 1.36. The number of ether oxygens (including phenoxy) is 2. The summed E-state index contributed by atoms with van der Waals surface area (Å²) in [5.41, 5.74) is 2.86. The first-order chi connectivity index (χ1) is 13.0. The number of fused-ring (bicyclic) bond motifs is 1. The number of methoxy groups -OCH3 is 1. The van der Waals surface area contributed by atoms with Crippen LogP contribution in [0.2, 0.25) is 5.02 Å². The van der Waals surface area contributed by atoms with Crippen LogP contribution >= 0.6 is 11.6 Å². The van der Waals surface area contributed by atoms with Gasteiger partial charge in [-0.05, 0) is 59.9 Å². The third kappa shape index (κ3) is 4.77. The highest BCUT2D eigenvalue weighted by atomic mass is 35.5. The predicted molar refractivity (Wildman–Crippen MR) is 99.3 cm³/mol. The Bertz CT molecular complexity index is 870. The number of nitrogens with one attached hydrogen (secondary N) is 1. The van der Waals surface area contributed by atoms with Crippen molar-refractivity contribution in [2.75, 3.05) is 7.11 Å². The second-order valence-electron chi connectivity index (χ2n) is 6.07. The summed E-state index contributed by atoms with van der Waals surface area (Å²) < 4.78 is 34.1. The molecule has 1 N–H and O–H groups in total. The van der Waals surface area contributed by atoms with Gasteiger partial charge >= 0.3 is 6.61 Å². The fourth-order valence-electron chi connectivity index (χ4n) is 3.11. The van der Waals surface area contributed by atoms with E-state index in [1.54, 1.807) is 12.1 Å². The molecule has 142 valence electrons. The minimum Gasteiger partial charge on any atom is -0.493 e. The monoisotopic (exact) mass is 393 g/mol. The molecule has 0 aliphatic heterocycles. The average molecular weight is 394 g/mol. The van der Waals surface area contributed by atoms with E-state index in [-0.39, 0.29) is 23.4 Å². The van der Waals surface area contributed by atoms with Crippen LogP contribution in [0.1, 0.15) is 29.2 Å². The SMILES string of the molecule is COc1cc(/C=C/C(=O)NC2CCc3cc(Cl)ccc32)ccc1OC(F)F. The van der Waals surface area contributed by atoms with Crippen LogP contribution in [-0.4, -0.2) is 19.6 Å². The molecule has 0 fully saturated rings. The molecule has 2 aromatic rings. The smallest absolute Gasteiger partial charge is 0.387 e. The molecule has 0 bridgehead atoms. The van der Waals surface area contributed by atoms with Gasteiger partial charge in [0, 0.05) is 11.1 Å². The molecule has 1 unspecified atom stereocenters. The molecule has 0 aromatic heterocycles. The van der Waals surface area contributed by atoms with Gasteiger partial charge in [-0.2, -0.15) is 8.78 Å². The Labute approximate surface area is 160 Å². The van der Waals surface area contributed by atoms with E-state index in [4.69, 9.17) is 16.3 Å². The summed E-state index contributed by atoms with van der Waals surface area (Å²) in [6.45, 7) is -2.93. The van der Waals surface area contributed by atoms with E-state index in [1.807, 2.05) is 18.2 Å². The van der Waals surface area contributed by atoms with Crippen molar-refractivity contribution in [2.24, 2.45) is 0 Å². The maximum absolute atomic E-state index is 12.4. The largest absolute Gasteiger partial charge is 0.493 e. The van der Waals surface area contributed by atoms with Crippen molar-refractivity contribution in [3.05, 3.63) is 64.2 Å². The van der Waals surface area contributed by atoms with E-state index in [9.17, 15) is 13.6 Å². The molecule has 7 heteroatoms. The molecule has 27 heavy (non-hydrogen) atoms. The fraction of sp³-hybridized carbons (Fsp3) is 0.250. The van der Waals surface area contributed by atoms with E-state index in [1.165, 1.54) is 25.3 Å². The number of hydrogen-bond acceptors (Lipinski definition) is 3. The number of carbonyl (C=O) groups excluding carboxylic acids is 1. The Morgan fingerprint density at radius 2 is 2.07 bits per heavy atom. The number of carbonyl (C=O) groups is 1. The maximum Gasteiger partial charge on any atom is 0.387 e. The van der Waals surface area contributed by atoms with Crippen LogP contribution in [-0.2, 0) is 11.2 Å². The van der Waals surface area contributed by atoms with Gasteiger partial charge in [-0.15, -0.1) is 0 Å². The van der Waals surface area contributed by atoms with Gasteiger partial charge in [0.15, 0.2) is 11.5 Å². The molecule has 1 aliphatic rings. The molecular weight excluding hydrogens is 376 g/mol. The first-order valence-corrected chi connectivity index (χ1v) is 8.74. The lowest BCUT2D eigenvalue weighted by atomic mass is 10.1. The molecule has 0 saturated carbocycles. The number of aryl methyl sites for hydroxylation is 1. The molecule has 0 spiro atoms. The number of halogens is 3. The Morgan fingerprint density at radius 3 is 2.81 bits per heavy atom. The zero-order valence-corrected chi connectivity index (χ0v) is 15.3. The third-order valence-electron chi connectivity index (χ3n) is 4.33. The molecular formula is C20H18ClF2NO3. The van der Waals surface area contributed by atoms with E-state index >= 15 is 0 Å². The zero-order valence-electron chi connectivity index (χ0n) is 14.5. The number of amides is 1. The van der Waals surface area contributed by atoms with Crippen LogP contribution in [0.4, 0.5) is 8.78 Å². The van der Waals surface area contributed by atoms with Gasteiger partial charge in [-0.1, -0.05) is 23.7 Å². The summed E-state index contributed by atoms with van der Waals surface area (Å²) in [5, 5.41) is 3.66. The summed E-state index contributed by atoms with van der Waals surface area (Å²) >= 11 is 6.00. The molecule has 1 atom stereocenters. The number of hydrogen-bond donors (Lipinski definition) is 1. The first-order valence-electron chi connectivity index (χ1n) is 8.36. The summed E-state index contributed by atoms with van der Waals surface area (Å²) in [5.74, 6) is -0.135. The van der Waals surface area contributed by atoms with Crippen molar-refractivity contribution in [1.82, 2.24) is 5.32 Å². The molecule has 0 radical (unpaired) electrons. The van der Waals surface area contributed by atoms with Gasteiger partial charge in [0.25, 0.3) is 0 Å². The van der Waals surface area contributed by atoms with Crippen molar-refractivity contribution in [3.63, 3.8) is 0 Å². The van der Waals surface area contributed by atoms with E-state index in [0.717, 1.165) is 24.0 Å². The predicted octanol–water partition coefficient (Wildman–Crippen LogP) is 4.77. The Morgan fingerprint density at radius 1 is 1.26 bits per heavy atom. The van der Waals surface area contributed by atoms with Crippen LogP contribution in [0.25, 0.3) is 6.08 Å². The van der Waals surface area contributed by atoms with Gasteiger partial charge in [-0.3, -0.25) is 4.79 Å². The van der Waals surface area contributed by atoms with Crippen molar-refractivity contribution in [1.29, 1.82) is 0 Å². The Kier molecular flexibility index (Phi) is 5.96. The summed E-state index contributed by atoms with van der Waals surface area (Å²) in [6, 6.07) is 10.1. The standard InChI is InChI=1S/C20H18ClF2NO3/c1-26-18-10-12(2-8-17(18)27-20(22)23)3-9-19(25)24-16-7-4-13-11-14(21)5-6-15(13)16/h2-3,5-6,8-11,16,20H,4,7H2,1H3,(H,24,25)/b9-3+. The van der Waals surface area contributed by atoms with Crippen molar-refractivity contribution < 1.29 is 23.0 Å². The van der Waals surface area contributed by atoms with Gasteiger partial charge < -0.3 is 14.8 Å². The maximum atomic E-state index is 12.4. The number of rotatable bonds is 6. The molecule has 0 heterocycles. The normalized spacial score (nSPS) is 15.8. The molecule has 1 aliphatic carbocycles. The van der Waals surface area contributed by atoms with Gasteiger partial charge in [0.1, 0.15) is 0 Å². The minimum atomic E-state index is -2.93. The highest BCUT2D eigenvalue weighted by Crippen LogP contribution is 2.33. The Balaban J connectivity index is 1.66.